The molecule has 1 rings (SSSR count). The number of piperidine rings is 1. The van der Waals surface area contributed by atoms with E-state index in [0.717, 1.165) is 19.4 Å². The number of hydrogen-bond donors (Lipinski definition) is 1. The van der Waals surface area contributed by atoms with Gasteiger partial charge in [0.05, 0.1) is 13.0 Å². The molecular formula is C11H23ClN2O2. The van der Waals surface area contributed by atoms with Gasteiger partial charge in [0.15, 0.2) is 0 Å². The number of carbonyl (C=O) groups excluding carboxylic acids is 1. The summed E-state index contributed by atoms with van der Waals surface area (Å²) in [5.41, 5.74) is 5.70. The van der Waals surface area contributed by atoms with Crippen LogP contribution in [0.1, 0.15) is 26.2 Å². The fraction of sp³-hybridized carbons (Fsp3) is 0.909. The van der Waals surface area contributed by atoms with Crippen molar-refractivity contribution in [2.45, 2.75) is 32.2 Å². The zero-order valence-electron chi connectivity index (χ0n) is 10.1. The van der Waals surface area contributed by atoms with Gasteiger partial charge in [0.25, 0.3) is 0 Å². The Morgan fingerprint density at radius 2 is 2.25 bits per heavy atom. The van der Waals surface area contributed by atoms with Gasteiger partial charge in [-0.05, 0) is 18.8 Å². The Morgan fingerprint density at radius 1 is 1.56 bits per heavy atom. The summed E-state index contributed by atoms with van der Waals surface area (Å²) in [6.45, 7) is 4.15. The summed E-state index contributed by atoms with van der Waals surface area (Å²) >= 11 is 0. The molecule has 1 saturated heterocycles. The summed E-state index contributed by atoms with van der Waals surface area (Å²) < 4.78 is 4.91. The van der Waals surface area contributed by atoms with Crippen LogP contribution in [0.15, 0.2) is 0 Å². The minimum Gasteiger partial charge on any atom is -0.384 e. The number of nitrogens with zero attached hydrogens (tertiary/aromatic N) is 1. The summed E-state index contributed by atoms with van der Waals surface area (Å²) in [4.78, 5) is 13.8. The van der Waals surface area contributed by atoms with Crippen molar-refractivity contribution in [1.29, 1.82) is 0 Å². The molecule has 2 unspecified atom stereocenters. The van der Waals surface area contributed by atoms with Crippen molar-refractivity contribution in [2.75, 3.05) is 26.8 Å². The molecule has 0 radical (unpaired) electrons. The second kappa shape index (κ2) is 7.87. The molecule has 1 amide bonds. The van der Waals surface area contributed by atoms with Crippen LogP contribution in [0.3, 0.4) is 0 Å². The van der Waals surface area contributed by atoms with Gasteiger partial charge in [-0.2, -0.15) is 0 Å². The Bertz CT molecular complexity index is 214. The smallest absolute Gasteiger partial charge is 0.225 e. The van der Waals surface area contributed by atoms with Crippen LogP contribution in [0.25, 0.3) is 0 Å². The first-order valence-electron chi connectivity index (χ1n) is 5.67. The SMILES string of the molecule is COCCC(=O)N1CCC(C)CC1CN.Cl. The third-order valence-corrected chi connectivity index (χ3v) is 3.09. The average Bonchev–Trinajstić information content (AvgIpc) is 2.25. The summed E-state index contributed by atoms with van der Waals surface area (Å²) in [5.74, 6) is 0.865. The van der Waals surface area contributed by atoms with E-state index in [0.29, 0.717) is 25.5 Å². The largest absolute Gasteiger partial charge is 0.384 e. The Balaban J connectivity index is 0.00000225. The van der Waals surface area contributed by atoms with Crippen LogP contribution in [0.4, 0.5) is 0 Å². The molecule has 0 spiro atoms. The van der Waals surface area contributed by atoms with E-state index in [9.17, 15) is 4.79 Å². The maximum Gasteiger partial charge on any atom is 0.225 e. The Labute approximate surface area is 104 Å². The molecule has 96 valence electrons. The van der Waals surface area contributed by atoms with E-state index in [1.54, 1.807) is 7.11 Å². The highest BCUT2D eigenvalue weighted by Gasteiger charge is 2.28. The molecule has 4 nitrogen and oxygen atoms in total. The molecule has 16 heavy (non-hydrogen) atoms. The normalized spacial score (nSPS) is 25.1. The molecule has 1 heterocycles. The van der Waals surface area contributed by atoms with E-state index in [1.807, 2.05) is 4.90 Å². The van der Waals surface area contributed by atoms with Crippen LogP contribution < -0.4 is 5.73 Å². The number of rotatable bonds is 4. The van der Waals surface area contributed by atoms with E-state index >= 15 is 0 Å². The van der Waals surface area contributed by atoms with Crippen LogP contribution in [-0.4, -0.2) is 43.7 Å². The van der Waals surface area contributed by atoms with Crippen molar-refractivity contribution >= 4 is 18.3 Å². The second-order valence-electron chi connectivity index (χ2n) is 4.35. The van der Waals surface area contributed by atoms with Gasteiger partial charge in [0, 0.05) is 26.2 Å². The zero-order chi connectivity index (χ0) is 11.3. The Kier molecular flexibility index (Phi) is 7.72. The van der Waals surface area contributed by atoms with Crippen LogP contribution in [0.5, 0.6) is 0 Å². The number of likely N-dealkylation sites (tertiary alicyclic amines) is 1. The van der Waals surface area contributed by atoms with Crippen molar-refractivity contribution in [2.24, 2.45) is 11.7 Å². The summed E-state index contributed by atoms with van der Waals surface area (Å²) in [5, 5.41) is 0. The van der Waals surface area contributed by atoms with Gasteiger partial charge >= 0.3 is 0 Å². The molecule has 2 atom stereocenters. The third kappa shape index (κ3) is 4.28. The average molecular weight is 251 g/mol. The van der Waals surface area contributed by atoms with Crippen molar-refractivity contribution in [3.05, 3.63) is 0 Å². The highest BCUT2D eigenvalue weighted by molar-refractivity contribution is 5.85. The Hall–Kier alpha value is -0.320. The van der Waals surface area contributed by atoms with E-state index < -0.39 is 0 Å². The van der Waals surface area contributed by atoms with Gasteiger partial charge < -0.3 is 15.4 Å². The number of methoxy groups -OCH3 is 1. The van der Waals surface area contributed by atoms with Crippen LogP contribution in [0.2, 0.25) is 0 Å². The molecule has 0 saturated carbocycles. The molecular weight excluding hydrogens is 228 g/mol. The standard InChI is InChI=1S/C11H22N2O2.ClH/c1-9-3-5-13(10(7-9)8-12)11(14)4-6-15-2;/h9-10H,3-8,12H2,1-2H3;1H. The van der Waals surface area contributed by atoms with Gasteiger partial charge in [0.1, 0.15) is 0 Å². The van der Waals surface area contributed by atoms with Gasteiger partial charge in [-0.25, -0.2) is 0 Å². The molecule has 2 N–H and O–H groups in total. The molecule has 1 aliphatic heterocycles. The lowest BCUT2D eigenvalue weighted by atomic mass is 9.92. The number of ether oxygens (including phenoxy) is 1. The maximum atomic E-state index is 11.8. The molecule has 0 bridgehead atoms. The van der Waals surface area contributed by atoms with Crippen LogP contribution in [-0.2, 0) is 9.53 Å². The highest BCUT2D eigenvalue weighted by Crippen LogP contribution is 2.22. The predicted molar refractivity (Wildman–Crippen MR) is 66.7 cm³/mol. The summed E-state index contributed by atoms with van der Waals surface area (Å²) in [6.07, 6.45) is 2.60. The quantitative estimate of drug-likeness (QED) is 0.811. The van der Waals surface area contributed by atoms with Crippen molar-refractivity contribution in [3.63, 3.8) is 0 Å². The van der Waals surface area contributed by atoms with E-state index in [4.69, 9.17) is 10.5 Å². The molecule has 1 aliphatic rings. The van der Waals surface area contributed by atoms with Crippen LogP contribution in [0, 0.1) is 5.92 Å². The number of nitrogens with two attached hydrogens (primary N) is 1. The zero-order valence-corrected chi connectivity index (χ0v) is 11.0. The van der Waals surface area contributed by atoms with Crippen molar-refractivity contribution in [3.8, 4) is 0 Å². The number of hydrogen-bond acceptors (Lipinski definition) is 3. The first-order valence-corrected chi connectivity index (χ1v) is 5.67. The lowest BCUT2D eigenvalue weighted by Crippen LogP contribution is -2.49. The molecule has 0 aromatic heterocycles. The van der Waals surface area contributed by atoms with E-state index in [2.05, 4.69) is 6.92 Å². The van der Waals surface area contributed by atoms with Crippen LogP contribution >= 0.6 is 12.4 Å². The van der Waals surface area contributed by atoms with Gasteiger partial charge in [-0.15, -0.1) is 12.4 Å². The van der Waals surface area contributed by atoms with Crippen molar-refractivity contribution < 1.29 is 9.53 Å². The van der Waals surface area contributed by atoms with E-state index in [-0.39, 0.29) is 24.4 Å². The monoisotopic (exact) mass is 250 g/mol. The topological polar surface area (TPSA) is 55.6 Å². The second-order valence-corrected chi connectivity index (χ2v) is 4.35. The molecule has 0 aliphatic carbocycles. The fourth-order valence-corrected chi connectivity index (χ4v) is 2.14. The first-order chi connectivity index (χ1) is 7.19. The highest BCUT2D eigenvalue weighted by atomic mass is 35.5. The Morgan fingerprint density at radius 3 is 2.81 bits per heavy atom. The number of carbonyl (C=O) groups is 1. The lowest BCUT2D eigenvalue weighted by Gasteiger charge is -2.38. The lowest BCUT2D eigenvalue weighted by molar-refractivity contribution is -0.136. The van der Waals surface area contributed by atoms with Gasteiger partial charge in [-0.3, -0.25) is 4.79 Å². The number of amides is 1. The summed E-state index contributed by atoms with van der Waals surface area (Å²) in [7, 11) is 1.62. The minimum atomic E-state index is 0. The van der Waals surface area contributed by atoms with E-state index in [1.165, 1.54) is 0 Å². The van der Waals surface area contributed by atoms with Gasteiger partial charge in [0.2, 0.25) is 5.91 Å². The third-order valence-electron chi connectivity index (χ3n) is 3.09. The maximum absolute atomic E-state index is 11.8. The molecule has 5 heteroatoms. The predicted octanol–water partition coefficient (Wildman–Crippen LogP) is 1.03. The summed E-state index contributed by atoms with van der Waals surface area (Å²) in [6, 6.07) is 0.234. The fourth-order valence-electron chi connectivity index (χ4n) is 2.14. The number of halogens is 1. The van der Waals surface area contributed by atoms with Crippen molar-refractivity contribution in [1.82, 2.24) is 4.90 Å². The molecule has 0 aromatic rings. The molecule has 1 fully saturated rings. The minimum absolute atomic E-state index is 0. The van der Waals surface area contributed by atoms with Gasteiger partial charge in [-0.1, -0.05) is 6.92 Å². The molecule has 0 aromatic carbocycles. The first kappa shape index (κ1) is 15.7.